The molecule has 1 aromatic rings. The molecule has 0 saturated heterocycles. The standard InChI is InChI=1S/C16H22N2O3/c1-10(11-5-6-14-15(7-11)21-9-20-14)18-16(19)13-4-2-3-12(13)8-17/h5-7,10,12-13H,2-4,8-9,17H2,1H3,(H,18,19). The summed E-state index contributed by atoms with van der Waals surface area (Å²) < 4.78 is 10.7. The van der Waals surface area contributed by atoms with E-state index in [2.05, 4.69) is 5.32 Å². The summed E-state index contributed by atoms with van der Waals surface area (Å²) in [6, 6.07) is 5.74. The van der Waals surface area contributed by atoms with E-state index in [1.165, 1.54) is 0 Å². The first-order valence-electron chi connectivity index (χ1n) is 7.59. The van der Waals surface area contributed by atoms with Crippen molar-refractivity contribution in [3.05, 3.63) is 23.8 Å². The number of ether oxygens (including phenoxy) is 2. The molecule has 1 saturated carbocycles. The highest BCUT2D eigenvalue weighted by atomic mass is 16.7. The Morgan fingerprint density at radius 3 is 3.00 bits per heavy atom. The van der Waals surface area contributed by atoms with Gasteiger partial charge in [0.2, 0.25) is 12.7 Å². The molecular formula is C16H22N2O3. The van der Waals surface area contributed by atoms with Crippen LogP contribution in [0.25, 0.3) is 0 Å². The number of fused-ring (bicyclic) bond motifs is 1. The van der Waals surface area contributed by atoms with E-state index < -0.39 is 0 Å². The molecular weight excluding hydrogens is 268 g/mol. The molecule has 1 aliphatic heterocycles. The first-order chi connectivity index (χ1) is 10.2. The predicted molar refractivity (Wildman–Crippen MR) is 79.0 cm³/mol. The molecule has 0 spiro atoms. The van der Waals surface area contributed by atoms with Crippen LogP contribution in [0.4, 0.5) is 0 Å². The van der Waals surface area contributed by atoms with Crippen molar-refractivity contribution in [3.8, 4) is 11.5 Å². The summed E-state index contributed by atoms with van der Waals surface area (Å²) in [4.78, 5) is 12.4. The van der Waals surface area contributed by atoms with Gasteiger partial charge in [-0.1, -0.05) is 12.5 Å². The number of amides is 1. The van der Waals surface area contributed by atoms with Gasteiger partial charge in [-0.3, -0.25) is 4.79 Å². The van der Waals surface area contributed by atoms with E-state index >= 15 is 0 Å². The van der Waals surface area contributed by atoms with E-state index in [-0.39, 0.29) is 24.7 Å². The van der Waals surface area contributed by atoms with Crippen LogP contribution in [0.5, 0.6) is 11.5 Å². The summed E-state index contributed by atoms with van der Waals surface area (Å²) in [5.74, 6) is 2.01. The summed E-state index contributed by atoms with van der Waals surface area (Å²) in [5, 5.41) is 3.10. The van der Waals surface area contributed by atoms with Gasteiger partial charge in [0.25, 0.3) is 0 Å². The molecule has 114 valence electrons. The van der Waals surface area contributed by atoms with Crippen LogP contribution in [-0.4, -0.2) is 19.2 Å². The number of nitrogens with one attached hydrogen (secondary N) is 1. The van der Waals surface area contributed by atoms with E-state index in [0.717, 1.165) is 36.3 Å². The molecule has 0 radical (unpaired) electrons. The summed E-state index contributed by atoms with van der Waals surface area (Å²) in [6.45, 7) is 2.85. The summed E-state index contributed by atoms with van der Waals surface area (Å²) in [6.07, 6.45) is 3.10. The van der Waals surface area contributed by atoms with Crippen LogP contribution in [0.15, 0.2) is 18.2 Å². The second kappa shape index (κ2) is 5.93. The van der Waals surface area contributed by atoms with Crippen molar-refractivity contribution in [2.45, 2.75) is 32.2 Å². The molecule has 3 unspecified atom stereocenters. The van der Waals surface area contributed by atoms with Crippen LogP contribution in [0.3, 0.4) is 0 Å². The summed E-state index contributed by atoms with van der Waals surface area (Å²) in [7, 11) is 0. The lowest BCUT2D eigenvalue weighted by atomic mass is 9.94. The van der Waals surface area contributed by atoms with Gasteiger partial charge in [0.05, 0.1) is 6.04 Å². The fraction of sp³-hybridized carbons (Fsp3) is 0.562. The fourth-order valence-corrected chi connectivity index (χ4v) is 3.25. The zero-order valence-corrected chi connectivity index (χ0v) is 12.3. The molecule has 21 heavy (non-hydrogen) atoms. The van der Waals surface area contributed by atoms with Crippen molar-refractivity contribution in [3.63, 3.8) is 0 Å². The average Bonchev–Trinajstić information content (AvgIpc) is 3.14. The van der Waals surface area contributed by atoms with Gasteiger partial charge >= 0.3 is 0 Å². The Balaban J connectivity index is 1.65. The van der Waals surface area contributed by atoms with Crippen molar-refractivity contribution in [2.24, 2.45) is 17.6 Å². The van der Waals surface area contributed by atoms with Crippen molar-refractivity contribution < 1.29 is 14.3 Å². The Labute approximate surface area is 124 Å². The van der Waals surface area contributed by atoms with E-state index in [4.69, 9.17) is 15.2 Å². The van der Waals surface area contributed by atoms with Crippen LogP contribution in [0, 0.1) is 11.8 Å². The fourth-order valence-electron chi connectivity index (χ4n) is 3.25. The lowest BCUT2D eigenvalue weighted by Gasteiger charge is -2.21. The van der Waals surface area contributed by atoms with Gasteiger partial charge in [0, 0.05) is 5.92 Å². The number of benzene rings is 1. The van der Waals surface area contributed by atoms with E-state index in [9.17, 15) is 4.79 Å². The molecule has 1 fully saturated rings. The van der Waals surface area contributed by atoms with Crippen LogP contribution in [0.2, 0.25) is 0 Å². The zero-order valence-electron chi connectivity index (χ0n) is 12.3. The first-order valence-corrected chi connectivity index (χ1v) is 7.59. The minimum absolute atomic E-state index is 0.0500. The number of hydrogen-bond donors (Lipinski definition) is 2. The third kappa shape index (κ3) is 2.83. The van der Waals surface area contributed by atoms with Crippen molar-refractivity contribution in [1.29, 1.82) is 0 Å². The molecule has 3 rings (SSSR count). The Hall–Kier alpha value is -1.75. The highest BCUT2D eigenvalue weighted by Gasteiger charge is 2.32. The molecule has 0 bridgehead atoms. The van der Waals surface area contributed by atoms with Gasteiger partial charge in [0.1, 0.15) is 0 Å². The molecule has 0 aromatic heterocycles. The normalized spacial score (nSPS) is 24.9. The minimum atomic E-state index is -0.0500. The maximum atomic E-state index is 12.4. The third-order valence-corrected chi connectivity index (χ3v) is 4.55. The highest BCUT2D eigenvalue weighted by molar-refractivity contribution is 5.79. The third-order valence-electron chi connectivity index (χ3n) is 4.55. The Bertz CT molecular complexity index is 532. The summed E-state index contributed by atoms with van der Waals surface area (Å²) in [5.41, 5.74) is 6.78. The van der Waals surface area contributed by atoms with Crippen molar-refractivity contribution >= 4 is 5.91 Å². The number of carbonyl (C=O) groups excluding carboxylic acids is 1. The Morgan fingerprint density at radius 1 is 1.38 bits per heavy atom. The van der Waals surface area contributed by atoms with Gasteiger partial charge in [-0.15, -0.1) is 0 Å². The maximum Gasteiger partial charge on any atom is 0.231 e. The second-order valence-corrected chi connectivity index (χ2v) is 5.88. The number of nitrogens with two attached hydrogens (primary N) is 1. The highest BCUT2D eigenvalue weighted by Crippen LogP contribution is 2.35. The SMILES string of the molecule is CC(NC(=O)C1CCCC1CN)c1ccc2c(c1)OCO2. The molecule has 1 heterocycles. The molecule has 1 aromatic carbocycles. The lowest BCUT2D eigenvalue weighted by Crippen LogP contribution is -2.36. The molecule has 3 atom stereocenters. The zero-order chi connectivity index (χ0) is 14.8. The van der Waals surface area contributed by atoms with E-state index in [1.807, 2.05) is 25.1 Å². The van der Waals surface area contributed by atoms with Gasteiger partial charge < -0.3 is 20.5 Å². The molecule has 5 nitrogen and oxygen atoms in total. The number of rotatable bonds is 4. The Morgan fingerprint density at radius 2 is 2.19 bits per heavy atom. The first kappa shape index (κ1) is 14.2. The number of hydrogen-bond acceptors (Lipinski definition) is 4. The lowest BCUT2D eigenvalue weighted by molar-refractivity contribution is -0.126. The number of carbonyl (C=O) groups is 1. The van der Waals surface area contributed by atoms with Crippen LogP contribution in [-0.2, 0) is 4.79 Å². The van der Waals surface area contributed by atoms with Crippen LogP contribution < -0.4 is 20.5 Å². The van der Waals surface area contributed by atoms with E-state index in [1.54, 1.807) is 0 Å². The predicted octanol–water partition coefficient (Wildman–Crippen LogP) is 1.97. The molecule has 3 N–H and O–H groups in total. The maximum absolute atomic E-state index is 12.4. The van der Waals surface area contributed by atoms with E-state index in [0.29, 0.717) is 12.5 Å². The quantitative estimate of drug-likeness (QED) is 0.889. The molecule has 2 aliphatic rings. The largest absolute Gasteiger partial charge is 0.454 e. The van der Waals surface area contributed by atoms with Gasteiger partial charge in [0.15, 0.2) is 11.5 Å². The van der Waals surface area contributed by atoms with Crippen molar-refractivity contribution in [2.75, 3.05) is 13.3 Å². The minimum Gasteiger partial charge on any atom is -0.454 e. The monoisotopic (exact) mass is 290 g/mol. The topological polar surface area (TPSA) is 73.6 Å². The van der Waals surface area contributed by atoms with Crippen LogP contribution >= 0.6 is 0 Å². The Kier molecular flexibility index (Phi) is 4.01. The van der Waals surface area contributed by atoms with Crippen molar-refractivity contribution in [1.82, 2.24) is 5.32 Å². The average molecular weight is 290 g/mol. The molecule has 5 heteroatoms. The summed E-state index contributed by atoms with van der Waals surface area (Å²) >= 11 is 0. The van der Waals surface area contributed by atoms with Gasteiger partial charge in [-0.25, -0.2) is 0 Å². The second-order valence-electron chi connectivity index (χ2n) is 5.88. The van der Waals surface area contributed by atoms with Gasteiger partial charge in [-0.05, 0) is 49.9 Å². The van der Waals surface area contributed by atoms with Gasteiger partial charge in [-0.2, -0.15) is 0 Å². The smallest absolute Gasteiger partial charge is 0.231 e. The van der Waals surface area contributed by atoms with Crippen LogP contribution in [0.1, 0.15) is 37.8 Å². The molecule has 1 amide bonds. The molecule has 1 aliphatic carbocycles.